The van der Waals surface area contributed by atoms with Crippen LogP contribution < -0.4 is 5.49 Å². The molecular formula is C11H10N6. The van der Waals surface area contributed by atoms with E-state index in [1.807, 2.05) is 31.2 Å². The van der Waals surface area contributed by atoms with Crippen molar-refractivity contribution >= 4 is 11.2 Å². The predicted octanol–water partition coefficient (Wildman–Crippen LogP) is 0.931. The zero-order chi connectivity index (χ0) is 11.8. The first kappa shape index (κ1) is 9.71. The molecule has 0 amide bonds. The fourth-order valence-corrected chi connectivity index (χ4v) is 1.77. The molecule has 2 N–H and O–H groups in total. The summed E-state index contributed by atoms with van der Waals surface area (Å²) in [5.41, 5.74) is 3.21. The first-order chi connectivity index (χ1) is 8.27. The molecule has 0 unspecified atom stereocenters. The molecule has 17 heavy (non-hydrogen) atoms. The summed E-state index contributed by atoms with van der Waals surface area (Å²) in [4.78, 5) is 4.16. The lowest BCUT2D eigenvalue weighted by Crippen LogP contribution is -2.19. The second kappa shape index (κ2) is 3.51. The Morgan fingerprint density at radius 1 is 1.24 bits per heavy atom. The van der Waals surface area contributed by atoms with E-state index in [4.69, 9.17) is 5.41 Å². The van der Waals surface area contributed by atoms with Crippen LogP contribution in [0.4, 0.5) is 0 Å². The summed E-state index contributed by atoms with van der Waals surface area (Å²) >= 11 is 0. The van der Waals surface area contributed by atoms with Gasteiger partial charge in [0.05, 0.1) is 5.69 Å². The van der Waals surface area contributed by atoms with Crippen LogP contribution >= 0.6 is 0 Å². The Labute approximate surface area is 96.5 Å². The van der Waals surface area contributed by atoms with Gasteiger partial charge in [0.2, 0.25) is 5.65 Å². The van der Waals surface area contributed by atoms with Gasteiger partial charge < -0.3 is 0 Å². The van der Waals surface area contributed by atoms with Gasteiger partial charge in [0.1, 0.15) is 6.33 Å². The second-order valence-electron chi connectivity index (χ2n) is 3.75. The lowest BCUT2D eigenvalue weighted by molar-refractivity contribution is 0.896. The van der Waals surface area contributed by atoms with Crippen LogP contribution in [0.1, 0.15) is 5.56 Å². The van der Waals surface area contributed by atoms with Gasteiger partial charge in [-0.1, -0.05) is 18.2 Å². The van der Waals surface area contributed by atoms with Crippen LogP contribution in [0.2, 0.25) is 0 Å². The van der Waals surface area contributed by atoms with E-state index in [0.717, 1.165) is 11.3 Å². The number of aryl methyl sites for hydroxylation is 1. The zero-order valence-electron chi connectivity index (χ0n) is 9.18. The largest absolute Gasteiger partial charge is 0.283 e. The first-order valence-electron chi connectivity index (χ1n) is 5.16. The van der Waals surface area contributed by atoms with Crippen molar-refractivity contribution in [3.05, 3.63) is 41.6 Å². The molecule has 0 atom stereocenters. The van der Waals surface area contributed by atoms with Crippen LogP contribution in [0, 0.1) is 12.3 Å². The van der Waals surface area contributed by atoms with Crippen LogP contribution in [-0.2, 0) is 0 Å². The first-order valence-corrected chi connectivity index (χ1v) is 5.16. The number of H-pyrrole nitrogens is 1. The minimum Gasteiger partial charge on any atom is -0.283 e. The van der Waals surface area contributed by atoms with Gasteiger partial charge >= 0.3 is 0 Å². The van der Waals surface area contributed by atoms with Crippen LogP contribution in [-0.4, -0.2) is 25.0 Å². The third-order valence-corrected chi connectivity index (χ3v) is 2.67. The molecule has 0 saturated heterocycles. The molecule has 6 nitrogen and oxygen atoms in total. The standard InChI is InChI=1S/C11H10N6/c1-7-4-2-3-5-8(7)17-6-13-11-9(10(17)12)14-16-15-11/h2-6,12H,1H3,(H,14,15,16). The van der Waals surface area contributed by atoms with E-state index in [0.29, 0.717) is 11.2 Å². The molecule has 3 aromatic rings. The third-order valence-electron chi connectivity index (χ3n) is 2.67. The van der Waals surface area contributed by atoms with Gasteiger partial charge in [-0.05, 0) is 18.6 Å². The number of fused-ring (bicyclic) bond motifs is 1. The Hall–Kier alpha value is -2.50. The maximum Gasteiger partial charge on any atom is 0.206 e. The number of nitrogens with zero attached hydrogens (tertiary/aromatic N) is 4. The van der Waals surface area contributed by atoms with Gasteiger partial charge in [-0.25, -0.2) is 4.98 Å². The summed E-state index contributed by atoms with van der Waals surface area (Å²) < 4.78 is 1.69. The summed E-state index contributed by atoms with van der Waals surface area (Å²) in [5, 5.41) is 18.4. The molecule has 0 radical (unpaired) electrons. The molecule has 0 bridgehead atoms. The maximum atomic E-state index is 8.09. The number of hydrogen-bond donors (Lipinski definition) is 2. The smallest absolute Gasteiger partial charge is 0.206 e. The highest BCUT2D eigenvalue weighted by atomic mass is 15.3. The minimum absolute atomic E-state index is 0.276. The molecule has 1 aromatic carbocycles. The van der Waals surface area contributed by atoms with Crippen molar-refractivity contribution in [2.24, 2.45) is 0 Å². The van der Waals surface area contributed by atoms with Crippen LogP contribution in [0.25, 0.3) is 16.9 Å². The monoisotopic (exact) mass is 226 g/mol. The number of rotatable bonds is 1. The predicted molar refractivity (Wildman–Crippen MR) is 61.6 cm³/mol. The highest BCUT2D eigenvalue weighted by molar-refractivity contribution is 5.66. The van der Waals surface area contributed by atoms with Crippen LogP contribution in [0.5, 0.6) is 0 Å². The fraction of sp³-hybridized carbons (Fsp3) is 0.0909. The Morgan fingerprint density at radius 3 is 2.88 bits per heavy atom. The molecule has 84 valence electrons. The van der Waals surface area contributed by atoms with Crippen molar-refractivity contribution < 1.29 is 0 Å². The molecular weight excluding hydrogens is 216 g/mol. The minimum atomic E-state index is 0.276. The van der Waals surface area contributed by atoms with E-state index in [1.165, 1.54) is 0 Å². The number of nitrogens with one attached hydrogen (secondary N) is 2. The highest BCUT2D eigenvalue weighted by Gasteiger charge is 2.07. The Balaban J connectivity index is 2.35. The van der Waals surface area contributed by atoms with E-state index >= 15 is 0 Å². The van der Waals surface area contributed by atoms with Crippen molar-refractivity contribution in [3.63, 3.8) is 0 Å². The molecule has 0 aliphatic rings. The van der Waals surface area contributed by atoms with Crippen molar-refractivity contribution in [1.29, 1.82) is 5.41 Å². The number of aromatic nitrogens is 5. The topological polar surface area (TPSA) is 83.2 Å². The average Bonchev–Trinajstić information content (AvgIpc) is 2.80. The van der Waals surface area contributed by atoms with Gasteiger partial charge in [-0.3, -0.25) is 9.98 Å². The number of para-hydroxylation sites is 1. The van der Waals surface area contributed by atoms with Gasteiger partial charge in [0.15, 0.2) is 11.0 Å². The second-order valence-corrected chi connectivity index (χ2v) is 3.75. The molecule has 0 spiro atoms. The molecule has 0 aliphatic carbocycles. The van der Waals surface area contributed by atoms with E-state index in [9.17, 15) is 0 Å². The molecule has 0 fully saturated rings. The van der Waals surface area contributed by atoms with Gasteiger partial charge in [0.25, 0.3) is 0 Å². The van der Waals surface area contributed by atoms with Crippen molar-refractivity contribution in [2.75, 3.05) is 0 Å². The summed E-state index contributed by atoms with van der Waals surface area (Å²) in [6, 6.07) is 7.84. The third kappa shape index (κ3) is 1.42. The molecule has 2 aromatic heterocycles. The van der Waals surface area contributed by atoms with Crippen molar-refractivity contribution in [3.8, 4) is 5.69 Å². The molecule has 6 heteroatoms. The Kier molecular flexibility index (Phi) is 2.01. The zero-order valence-corrected chi connectivity index (χ0v) is 9.18. The summed E-state index contributed by atoms with van der Waals surface area (Å²) in [6.45, 7) is 1.99. The van der Waals surface area contributed by atoms with Gasteiger partial charge in [0, 0.05) is 0 Å². The fourth-order valence-electron chi connectivity index (χ4n) is 1.77. The van der Waals surface area contributed by atoms with Crippen LogP contribution in [0.15, 0.2) is 30.6 Å². The Morgan fingerprint density at radius 2 is 2.06 bits per heavy atom. The van der Waals surface area contributed by atoms with E-state index in [-0.39, 0.29) is 5.49 Å². The number of hydrogen-bond acceptors (Lipinski definition) is 4. The van der Waals surface area contributed by atoms with E-state index in [2.05, 4.69) is 20.4 Å². The highest BCUT2D eigenvalue weighted by Crippen LogP contribution is 2.11. The maximum absolute atomic E-state index is 8.09. The summed E-state index contributed by atoms with van der Waals surface area (Å²) in [7, 11) is 0. The molecule has 0 saturated carbocycles. The van der Waals surface area contributed by atoms with Crippen molar-refractivity contribution in [1.82, 2.24) is 25.0 Å². The quantitative estimate of drug-likeness (QED) is 0.647. The average molecular weight is 226 g/mol. The lowest BCUT2D eigenvalue weighted by Gasteiger charge is -2.08. The molecule has 0 aliphatic heterocycles. The van der Waals surface area contributed by atoms with Gasteiger partial charge in [-0.15, -0.1) is 5.10 Å². The van der Waals surface area contributed by atoms with E-state index in [1.54, 1.807) is 10.9 Å². The van der Waals surface area contributed by atoms with Gasteiger partial charge in [-0.2, -0.15) is 10.3 Å². The van der Waals surface area contributed by atoms with Crippen molar-refractivity contribution in [2.45, 2.75) is 6.92 Å². The Bertz CT molecular complexity index is 739. The lowest BCUT2D eigenvalue weighted by atomic mass is 10.2. The number of aromatic amines is 1. The van der Waals surface area contributed by atoms with Crippen LogP contribution in [0.3, 0.4) is 0 Å². The summed E-state index contributed by atoms with van der Waals surface area (Å²) in [5.74, 6) is 0. The molecule has 2 heterocycles. The van der Waals surface area contributed by atoms with E-state index < -0.39 is 0 Å². The normalized spacial score (nSPS) is 10.9. The summed E-state index contributed by atoms with van der Waals surface area (Å²) in [6.07, 6.45) is 1.59. The molecule has 3 rings (SSSR count). The SMILES string of the molecule is Cc1ccccc1-n1cnc2n[nH]nc2c1=N. The number of benzene rings is 1.